The Labute approximate surface area is 143 Å². The Hall–Kier alpha value is -1.95. The highest BCUT2D eigenvalue weighted by Crippen LogP contribution is 2.24. The summed E-state index contributed by atoms with van der Waals surface area (Å²) in [6, 6.07) is 6.17. The molecule has 1 heterocycles. The molecule has 6 heteroatoms. The molecule has 0 saturated carbocycles. The van der Waals surface area contributed by atoms with Crippen LogP contribution < -0.4 is 5.69 Å². The first-order valence-electron chi connectivity index (χ1n) is 8.59. The Morgan fingerprint density at radius 3 is 2.62 bits per heavy atom. The van der Waals surface area contributed by atoms with Gasteiger partial charge in [0.1, 0.15) is 0 Å². The fourth-order valence-electron chi connectivity index (χ4n) is 2.73. The number of aryl methyl sites for hydroxylation is 1. The van der Waals surface area contributed by atoms with Crippen LogP contribution in [-0.2, 0) is 6.54 Å². The Morgan fingerprint density at radius 1 is 1.29 bits per heavy atom. The van der Waals surface area contributed by atoms with E-state index in [0.29, 0.717) is 5.92 Å². The van der Waals surface area contributed by atoms with Crippen molar-refractivity contribution in [1.29, 1.82) is 0 Å². The summed E-state index contributed by atoms with van der Waals surface area (Å²) in [6.07, 6.45) is 3.49. The summed E-state index contributed by atoms with van der Waals surface area (Å²) >= 11 is 0. The summed E-state index contributed by atoms with van der Waals surface area (Å²) in [6.45, 7) is 9.74. The third kappa shape index (κ3) is 4.32. The monoisotopic (exact) mass is 332 g/mol. The van der Waals surface area contributed by atoms with Gasteiger partial charge in [0.05, 0.1) is 17.8 Å². The first-order chi connectivity index (χ1) is 11.2. The van der Waals surface area contributed by atoms with Gasteiger partial charge in [0, 0.05) is 0 Å². The number of nitrogens with zero attached hydrogens (tertiary/aromatic N) is 4. The molecule has 0 aliphatic carbocycles. The van der Waals surface area contributed by atoms with Gasteiger partial charge in [-0.1, -0.05) is 38.8 Å². The Morgan fingerprint density at radius 2 is 2.00 bits per heavy atom. The zero-order chi connectivity index (χ0) is 17.9. The van der Waals surface area contributed by atoms with Gasteiger partial charge in [-0.3, -0.25) is 0 Å². The number of benzene rings is 1. The van der Waals surface area contributed by atoms with Gasteiger partial charge in [-0.05, 0) is 60.7 Å². The van der Waals surface area contributed by atoms with Gasteiger partial charge >= 0.3 is 5.69 Å². The molecule has 0 fully saturated rings. The van der Waals surface area contributed by atoms with E-state index in [-0.39, 0.29) is 12.2 Å². The third-order valence-electron chi connectivity index (χ3n) is 4.20. The van der Waals surface area contributed by atoms with Crippen LogP contribution in [0.4, 0.5) is 0 Å². The highest BCUT2D eigenvalue weighted by molar-refractivity contribution is 5.43. The van der Waals surface area contributed by atoms with E-state index in [4.69, 9.17) is 0 Å². The molecule has 1 aromatic carbocycles. The number of hydrogen-bond donors (Lipinski definition) is 1. The third-order valence-corrected chi connectivity index (χ3v) is 4.20. The predicted octanol–water partition coefficient (Wildman–Crippen LogP) is 2.80. The van der Waals surface area contributed by atoms with Gasteiger partial charge in [-0.15, -0.1) is 0 Å². The molecule has 1 aromatic heterocycles. The molecule has 0 radical (unpaired) electrons. The van der Waals surface area contributed by atoms with Crippen molar-refractivity contribution in [3.8, 4) is 5.69 Å². The van der Waals surface area contributed by atoms with E-state index in [1.165, 1.54) is 27.8 Å². The van der Waals surface area contributed by atoms with Crippen molar-refractivity contribution >= 4 is 0 Å². The van der Waals surface area contributed by atoms with Gasteiger partial charge in [0.15, 0.2) is 0 Å². The topological polar surface area (TPSA) is 72.9 Å². The van der Waals surface area contributed by atoms with Crippen molar-refractivity contribution in [3.05, 3.63) is 39.8 Å². The van der Waals surface area contributed by atoms with Crippen LogP contribution in [0.15, 0.2) is 23.0 Å². The van der Waals surface area contributed by atoms with Crippen LogP contribution in [0.25, 0.3) is 5.69 Å². The SMILES string of the molecule is CCCCC(C)c1ccc(C)c(-n2nnn(CC(C)(C)O)c2=O)c1. The second kappa shape index (κ2) is 7.30. The molecule has 2 rings (SSSR count). The standard InChI is InChI=1S/C18H28N4O2/c1-6-7-8-13(2)15-10-9-14(3)16(11-15)22-17(23)21(19-20-22)12-18(4,5)24/h9-11,13,24H,6-8,12H2,1-5H3. The molecule has 0 aliphatic rings. The maximum atomic E-state index is 12.5. The van der Waals surface area contributed by atoms with Crippen LogP contribution in [0.1, 0.15) is 64.0 Å². The molecule has 0 saturated heterocycles. The zero-order valence-electron chi connectivity index (χ0n) is 15.3. The molecule has 1 atom stereocenters. The van der Waals surface area contributed by atoms with Crippen molar-refractivity contribution in [2.24, 2.45) is 0 Å². The highest BCUT2D eigenvalue weighted by Gasteiger charge is 2.19. The molecule has 0 aliphatic heterocycles. The van der Waals surface area contributed by atoms with Crippen LogP contribution in [0.2, 0.25) is 0 Å². The lowest BCUT2D eigenvalue weighted by Crippen LogP contribution is -2.34. The molecular weight excluding hydrogens is 304 g/mol. The van der Waals surface area contributed by atoms with Gasteiger partial charge in [0.2, 0.25) is 0 Å². The van der Waals surface area contributed by atoms with Crippen LogP contribution in [0, 0.1) is 6.92 Å². The van der Waals surface area contributed by atoms with Crippen LogP contribution >= 0.6 is 0 Å². The molecule has 1 N–H and O–H groups in total. The molecule has 132 valence electrons. The molecule has 0 bridgehead atoms. The normalized spacial score (nSPS) is 13.2. The van der Waals surface area contributed by atoms with E-state index in [1.807, 2.05) is 19.1 Å². The number of aromatic nitrogens is 4. The molecule has 6 nitrogen and oxygen atoms in total. The summed E-state index contributed by atoms with van der Waals surface area (Å²) in [5.74, 6) is 0.437. The smallest absolute Gasteiger partial charge is 0.368 e. The van der Waals surface area contributed by atoms with E-state index >= 15 is 0 Å². The molecule has 0 spiro atoms. The van der Waals surface area contributed by atoms with Crippen LogP contribution in [0.3, 0.4) is 0 Å². The number of hydrogen-bond acceptors (Lipinski definition) is 4. The lowest BCUT2D eigenvalue weighted by Gasteiger charge is -2.15. The summed E-state index contributed by atoms with van der Waals surface area (Å²) in [5.41, 5.74) is 1.57. The fraction of sp³-hybridized carbons (Fsp3) is 0.611. The number of unbranched alkanes of at least 4 members (excludes halogenated alkanes) is 1. The summed E-state index contributed by atoms with van der Waals surface area (Å²) in [4.78, 5) is 12.5. The van der Waals surface area contributed by atoms with E-state index in [9.17, 15) is 9.90 Å². The summed E-state index contributed by atoms with van der Waals surface area (Å²) < 4.78 is 2.52. The molecule has 24 heavy (non-hydrogen) atoms. The van der Waals surface area contributed by atoms with E-state index < -0.39 is 5.60 Å². The number of aliphatic hydroxyl groups is 1. The Kier molecular flexibility index (Phi) is 5.59. The van der Waals surface area contributed by atoms with Gasteiger partial charge in [0.25, 0.3) is 0 Å². The molecule has 1 unspecified atom stereocenters. The lowest BCUT2D eigenvalue weighted by molar-refractivity contribution is 0.0560. The molecule has 0 amide bonds. The number of rotatable bonds is 7. The molecular formula is C18H28N4O2. The summed E-state index contributed by atoms with van der Waals surface area (Å²) in [7, 11) is 0. The fourth-order valence-corrected chi connectivity index (χ4v) is 2.73. The second-order valence-electron chi connectivity index (χ2n) is 7.23. The number of tetrazole rings is 1. The minimum atomic E-state index is -1.02. The van der Waals surface area contributed by atoms with Crippen LogP contribution in [0.5, 0.6) is 0 Å². The Balaban J connectivity index is 2.37. The molecule has 2 aromatic rings. The quantitative estimate of drug-likeness (QED) is 0.846. The maximum Gasteiger partial charge on any atom is 0.368 e. The Bertz CT molecular complexity index is 740. The first kappa shape index (κ1) is 18.4. The van der Waals surface area contributed by atoms with Crippen molar-refractivity contribution in [2.45, 2.75) is 71.9 Å². The van der Waals surface area contributed by atoms with E-state index in [2.05, 4.69) is 30.3 Å². The van der Waals surface area contributed by atoms with Crippen molar-refractivity contribution in [3.63, 3.8) is 0 Å². The zero-order valence-corrected chi connectivity index (χ0v) is 15.3. The van der Waals surface area contributed by atoms with Gasteiger partial charge in [-0.25, -0.2) is 4.79 Å². The van der Waals surface area contributed by atoms with Crippen LogP contribution in [-0.4, -0.2) is 30.5 Å². The van der Waals surface area contributed by atoms with Crippen molar-refractivity contribution in [2.75, 3.05) is 0 Å². The largest absolute Gasteiger partial charge is 0.389 e. The predicted molar refractivity (Wildman–Crippen MR) is 94.6 cm³/mol. The lowest BCUT2D eigenvalue weighted by atomic mass is 9.94. The average molecular weight is 332 g/mol. The minimum Gasteiger partial charge on any atom is -0.389 e. The first-order valence-corrected chi connectivity index (χ1v) is 8.59. The average Bonchev–Trinajstić information content (AvgIpc) is 2.84. The highest BCUT2D eigenvalue weighted by atomic mass is 16.3. The maximum absolute atomic E-state index is 12.5. The summed E-state index contributed by atoms with van der Waals surface area (Å²) in [5, 5.41) is 17.8. The second-order valence-corrected chi connectivity index (χ2v) is 7.23. The van der Waals surface area contributed by atoms with E-state index in [1.54, 1.807) is 13.8 Å². The minimum absolute atomic E-state index is 0.109. The van der Waals surface area contributed by atoms with E-state index in [0.717, 1.165) is 17.7 Å². The van der Waals surface area contributed by atoms with Gasteiger partial charge < -0.3 is 5.11 Å². The van der Waals surface area contributed by atoms with Crippen molar-refractivity contribution in [1.82, 2.24) is 19.8 Å². The van der Waals surface area contributed by atoms with Gasteiger partial charge in [-0.2, -0.15) is 9.36 Å². The van der Waals surface area contributed by atoms with Crippen molar-refractivity contribution < 1.29 is 5.11 Å².